The number of hydrogen-bond acceptors (Lipinski definition) is 4. The molecule has 1 aliphatic heterocycles. The van der Waals surface area contributed by atoms with Gasteiger partial charge >= 0.3 is 0 Å². The molecule has 1 unspecified atom stereocenters. The number of piperidine rings is 1. The molecule has 2 aromatic carbocycles. The summed E-state index contributed by atoms with van der Waals surface area (Å²) in [5.41, 5.74) is 2.60. The van der Waals surface area contributed by atoms with Gasteiger partial charge in [-0.15, -0.1) is 0 Å². The fourth-order valence-corrected chi connectivity index (χ4v) is 3.85. The predicted octanol–water partition coefficient (Wildman–Crippen LogP) is 3.55. The fraction of sp³-hybridized carbons (Fsp3) is 0.304. The van der Waals surface area contributed by atoms with Crippen LogP contribution in [0.3, 0.4) is 0 Å². The minimum Gasteiger partial charge on any atom is -0.496 e. The molecule has 1 fully saturated rings. The summed E-state index contributed by atoms with van der Waals surface area (Å²) in [5.74, 6) is 1.28. The van der Waals surface area contributed by atoms with Crippen LogP contribution in [0, 0.1) is 5.82 Å². The van der Waals surface area contributed by atoms with Gasteiger partial charge in [0.1, 0.15) is 11.6 Å². The SMILES string of the molecule is COc1ccccc1CC(=O)NC1CCCN(c2cc(-c3ccc(F)cc3)[nH]n2)C1. The monoisotopic (exact) mass is 408 g/mol. The van der Waals surface area contributed by atoms with Crippen LogP contribution >= 0.6 is 0 Å². The zero-order valence-corrected chi connectivity index (χ0v) is 16.9. The van der Waals surface area contributed by atoms with Crippen molar-refractivity contribution in [1.29, 1.82) is 0 Å². The molecular formula is C23H25FN4O2. The first-order valence-electron chi connectivity index (χ1n) is 10.1. The average molecular weight is 408 g/mol. The van der Waals surface area contributed by atoms with Crippen molar-refractivity contribution in [3.63, 3.8) is 0 Å². The van der Waals surface area contributed by atoms with Gasteiger partial charge in [-0.25, -0.2) is 4.39 Å². The van der Waals surface area contributed by atoms with Crippen molar-refractivity contribution in [1.82, 2.24) is 15.5 Å². The first-order valence-corrected chi connectivity index (χ1v) is 10.1. The number of anilines is 1. The third-order valence-electron chi connectivity index (χ3n) is 5.37. The molecule has 156 valence electrons. The Labute approximate surface area is 175 Å². The molecule has 1 atom stereocenters. The third kappa shape index (κ3) is 4.62. The van der Waals surface area contributed by atoms with E-state index in [1.165, 1.54) is 12.1 Å². The van der Waals surface area contributed by atoms with Crippen LogP contribution in [0.15, 0.2) is 54.6 Å². The number of hydrogen-bond donors (Lipinski definition) is 2. The Morgan fingerprint density at radius 3 is 2.87 bits per heavy atom. The largest absolute Gasteiger partial charge is 0.496 e. The number of amides is 1. The Kier molecular flexibility index (Phi) is 5.97. The van der Waals surface area contributed by atoms with Crippen LogP contribution in [0.2, 0.25) is 0 Å². The number of aromatic amines is 1. The summed E-state index contributed by atoms with van der Waals surface area (Å²) in [6, 6.07) is 15.9. The number of para-hydroxylation sites is 1. The van der Waals surface area contributed by atoms with Crippen LogP contribution in [0.5, 0.6) is 5.75 Å². The number of ether oxygens (including phenoxy) is 1. The van der Waals surface area contributed by atoms with Gasteiger partial charge in [-0.2, -0.15) is 5.10 Å². The second-order valence-corrected chi connectivity index (χ2v) is 7.49. The number of nitrogens with one attached hydrogen (secondary N) is 2. The molecule has 2 N–H and O–H groups in total. The van der Waals surface area contributed by atoms with Crippen molar-refractivity contribution in [3.8, 4) is 17.0 Å². The topological polar surface area (TPSA) is 70.2 Å². The molecule has 30 heavy (non-hydrogen) atoms. The number of halogens is 1. The number of nitrogens with zero attached hydrogens (tertiary/aromatic N) is 2. The molecular weight excluding hydrogens is 383 g/mol. The average Bonchev–Trinajstić information content (AvgIpc) is 3.25. The van der Waals surface area contributed by atoms with E-state index in [1.807, 2.05) is 30.3 Å². The molecule has 0 saturated carbocycles. The number of methoxy groups -OCH3 is 1. The highest BCUT2D eigenvalue weighted by Crippen LogP contribution is 2.24. The lowest BCUT2D eigenvalue weighted by molar-refractivity contribution is -0.121. The molecule has 1 amide bonds. The first-order chi connectivity index (χ1) is 14.6. The summed E-state index contributed by atoms with van der Waals surface area (Å²) >= 11 is 0. The van der Waals surface area contributed by atoms with E-state index in [2.05, 4.69) is 20.4 Å². The molecule has 3 aromatic rings. The zero-order valence-electron chi connectivity index (χ0n) is 16.9. The quantitative estimate of drug-likeness (QED) is 0.654. The van der Waals surface area contributed by atoms with Crippen LogP contribution in [0.4, 0.5) is 10.2 Å². The first kappa shape index (κ1) is 19.9. The van der Waals surface area contributed by atoms with E-state index in [1.54, 1.807) is 19.2 Å². The number of rotatable bonds is 6. The van der Waals surface area contributed by atoms with Crippen molar-refractivity contribution in [2.24, 2.45) is 0 Å². The lowest BCUT2D eigenvalue weighted by Crippen LogP contribution is -2.48. The normalized spacial score (nSPS) is 16.3. The second-order valence-electron chi connectivity index (χ2n) is 7.49. The van der Waals surface area contributed by atoms with Gasteiger partial charge in [-0.3, -0.25) is 9.89 Å². The van der Waals surface area contributed by atoms with Crippen molar-refractivity contribution < 1.29 is 13.9 Å². The van der Waals surface area contributed by atoms with Gasteiger partial charge in [-0.1, -0.05) is 18.2 Å². The Hall–Kier alpha value is -3.35. The number of H-pyrrole nitrogens is 1. The second kappa shape index (κ2) is 8.98. The minimum absolute atomic E-state index is 0.0135. The summed E-state index contributed by atoms with van der Waals surface area (Å²) in [6.45, 7) is 1.58. The molecule has 0 radical (unpaired) electrons. The number of carbonyl (C=O) groups is 1. The van der Waals surface area contributed by atoms with Gasteiger partial charge in [0.2, 0.25) is 5.91 Å². The van der Waals surface area contributed by atoms with E-state index >= 15 is 0 Å². The molecule has 7 heteroatoms. The molecule has 0 aliphatic carbocycles. The van der Waals surface area contributed by atoms with Crippen LogP contribution in [0.25, 0.3) is 11.3 Å². The summed E-state index contributed by atoms with van der Waals surface area (Å²) in [7, 11) is 1.61. The fourth-order valence-electron chi connectivity index (χ4n) is 3.85. The van der Waals surface area contributed by atoms with Gasteiger partial charge in [0.05, 0.1) is 19.2 Å². The van der Waals surface area contributed by atoms with Crippen LogP contribution < -0.4 is 15.0 Å². The Morgan fingerprint density at radius 2 is 2.07 bits per heavy atom. The molecule has 0 spiro atoms. The maximum Gasteiger partial charge on any atom is 0.224 e. The van der Waals surface area contributed by atoms with Crippen molar-refractivity contribution >= 4 is 11.7 Å². The molecule has 1 saturated heterocycles. The van der Waals surface area contributed by atoms with E-state index in [4.69, 9.17) is 4.74 Å². The van der Waals surface area contributed by atoms with Gasteiger partial charge in [-0.05, 0) is 48.7 Å². The summed E-state index contributed by atoms with van der Waals surface area (Å²) in [4.78, 5) is 14.7. The van der Waals surface area contributed by atoms with Crippen molar-refractivity contribution in [2.75, 3.05) is 25.1 Å². The molecule has 1 aliphatic rings. The molecule has 2 heterocycles. The van der Waals surface area contributed by atoms with Crippen LogP contribution in [0.1, 0.15) is 18.4 Å². The van der Waals surface area contributed by atoms with Crippen LogP contribution in [-0.4, -0.2) is 42.3 Å². The Morgan fingerprint density at radius 1 is 1.27 bits per heavy atom. The zero-order chi connectivity index (χ0) is 20.9. The standard InChI is InChI=1S/C23H25FN4O2/c1-30-21-7-3-2-5-17(21)13-23(29)25-19-6-4-12-28(15-19)22-14-20(26-27-22)16-8-10-18(24)11-9-16/h2-3,5,7-11,14,19H,4,6,12-13,15H2,1H3,(H,25,29)(H,26,27). The maximum absolute atomic E-state index is 13.2. The van der Waals surface area contributed by atoms with E-state index in [0.29, 0.717) is 6.54 Å². The molecule has 1 aromatic heterocycles. The highest BCUT2D eigenvalue weighted by atomic mass is 19.1. The minimum atomic E-state index is -0.263. The highest BCUT2D eigenvalue weighted by molar-refractivity contribution is 5.79. The van der Waals surface area contributed by atoms with Gasteiger partial charge < -0.3 is 15.0 Å². The van der Waals surface area contributed by atoms with Crippen LogP contribution in [-0.2, 0) is 11.2 Å². The summed E-state index contributed by atoms with van der Waals surface area (Å²) in [5, 5.41) is 10.6. The summed E-state index contributed by atoms with van der Waals surface area (Å²) < 4.78 is 18.5. The lowest BCUT2D eigenvalue weighted by atomic mass is 10.0. The predicted molar refractivity (Wildman–Crippen MR) is 114 cm³/mol. The smallest absolute Gasteiger partial charge is 0.224 e. The third-order valence-corrected chi connectivity index (χ3v) is 5.37. The van der Waals surface area contributed by atoms with Gasteiger partial charge in [0.25, 0.3) is 0 Å². The van der Waals surface area contributed by atoms with E-state index in [9.17, 15) is 9.18 Å². The molecule has 0 bridgehead atoms. The van der Waals surface area contributed by atoms with E-state index in [-0.39, 0.29) is 24.2 Å². The lowest BCUT2D eigenvalue weighted by Gasteiger charge is -2.33. The maximum atomic E-state index is 13.2. The van der Waals surface area contributed by atoms with Crippen molar-refractivity contribution in [2.45, 2.75) is 25.3 Å². The molecule has 6 nitrogen and oxygen atoms in total. The number of benzene rings is 2. The van der Waals surface area contributed by atoms with Gasteiger partial charge in [0, 0.05) is 30.8 Å². The van der Waals surface area contributed by atoms with Gasteiger partial charge in [0.15, 0.2) is 5.82 Å². The summed E-state index contributed by atoms with van der Waals surface area (Å²) in [6.07, 6.45) is 2.19. The Balaban J connectivity index is 1.37. The van der Waals surface area contributed by atoms with E-state index < -0.39 is 0 Å². The molecule has 4 rings (SSSR count). The number of carbonyl (C=O) groups excluding carboxylic acids is 1. The van der Waals surface area contributed by atoms with Crippen molar-refractivity contribution in [3.05, 3.63) is 66.0 Å². The van der Waals surface area contributed by atoms with E-state index in [0.717, 1.165) is 47.8 Å². The Bertz CT molecular complexity index is 1000. The number of aromatic nitrogens is 2. The highest BCUT2D eigenvalue weighted by Gasteiger charge is 2.23.